The molecule has 2 rings (SSSR count). The Morgan fingerprint density at radius 2 is 2.05 bits per heavy atom. The van der Waals surface area contributed by atoms with Crippen LogP contribution in [-0.2, 0) is 16.4 Å². The Kier molecular flexibility index (Phi) is 4.21. The van der Waals surface area contributed by atoms with Gasteiger partial charge in [-0.15, -0.1) is 0 Å². The molecule has 0 bridgehead atoms. The van der Waals surface area contributed by atoms with Crippen molar-refractivity contribution in [1.29, 1.82) is 0 Å². The summed E-state index contributed by atoms with van der Waals surface area (Å²) >= 11 is 0. The summed E-state index contributed by atoms with van der Waals surface area (Å²) in [6.45, 7) is 1.15. The molecule has 2 N–H and O–H groups in total. The van der Waals surface area contributed by atoms with Crippen molar-refractivity contribution in [3.63, 3.8) is 0 Å². The van der Waals surface area contributed by atoms with Gasteiger partial charge in [-0.3, -0.25) is 4.79 Å². The first-order chi connectivity index (χ1) is 9.02. The molecule has 0 saturated carbocycles. The summed E-state index contributed by atoms with van der Waals surface area (Å²) in [6, 6.07) is 7.16. The van der Waals surface area contributed by atoms with E-state index in [0.29, 0.717) is 25.1 Å². The van der Waals surface area contributed by atoms with Crippen LogP contribution in [0.5, 0.6) is 0 Å². The summed E-state index contributed by atoms with van der Waals surface area (Å²) in [5, 5.41) is 0. The molecule has 1 saturated heterocycles. The van der Waals surface area contributed by atoms with Crippen LogP contribution in [0.25, 0.3) is 0 Å². The van der Waals surface area contributed by atoms with Crippen LogP contribution in [0.3, 0.4) is 0 Å². The molecule has 1 aliphatic rings. The lowest BCUT2D eigenvalue weighted by molar-refractivity contribution is 0.0768. The van der Waals surface area contributed by atoms with E-state index >= 15 is 0 Å². The smallest absolute Gasteiger partial charge is 0.253 e. The first-order valence-electron chi connectivity index (χ1n) is 6.30. The minimum absolute atomic E-state index is 0.0509. The van der Waals surface area contributed by atoms with Gasteiger partial charge in [-0.05, 0) is 24.1 Å². The second kappa shape index (κ2) is 5.71. The number of carbonyl (C=O) groups excluding carboxylic acids is 1. The van der Waals surface area contributed by atoms with Crippen LogP contribution in [-0.4, -0.2) is 43.8 Å². The average Bonchev–Trinajstić information content (AvgIpc) is 2.59. The van der Waals surface area contributed by atoms with Gasteiger partial charge in [0.25, 0.3) is 5.91 Å². The number of benzene rings is 1. The molecule has 0 aliphatic carbocycles. The lowest BCUT2D eigenvalue weighted by atomic mass is 10.1. The van der Waals surface area contributed by atoms with Crippen molar-refractivity contribution in [2.24, 2.45) is 5.73 Å². The van der Waals surface area contributed by atoms with Gasteiger partial charge in [0.05, 0.1) is 11.5 Å². The summed E-state index contributed by atoms with van der Waals surface area (Å²) in [7, 11) is -2.99. The summed E-state index contributed by atoms with van der Waals surface area (Å²) < 4.78 is 23.0. The summed E-state index contributed by atoms with van der Waals surface area (Å²) in [5.74, 6) is 0.0991. The van der Waals surface area contributed by atoms with E-state index in [2.05, 4.69) is 0 Å². The summed E-state index contributed by atoms with van der Waals surface area (Å²) in [5.41, 5.74) is 7.02. The average molecular weight is 282 g/mol. The fourth-order valence-electron chi connectivity index (χ4n) is 2.16. The van der Waals surface area contributed by atoms with Gasteiger partial charge in [0.2, 0.25) is 0 Å². The largest absolute Gasteiger partial charge is 0.338 e. The SMILES string of the molecule is NCc1cccc(C(=O)N2CCCS(=O)(=O)CC2)c1. The maximum atomic E-state index is 12.3. The van der Waals surface area contributed by atoms with E-state index < -0.39 is 9.84 Å². The summed E-state index contributed by atoms with van der Waals surface area (Å²) in [4.78, 5) is 13.9. The molecule has 0 atom stereocenters. The van der Waals surface area contributed by atoms with Crippen molar-refractivity contribution in [2.45, 2.75) is 13.0 Å². The molecule has 1 heterocycles. The maximum Gasteiger partial charge on any atom is 0.253 e. The number of hydrogen-bond acceptors (Lipinski definition) is 4. The number of amides is 1. The molecule has 0 aromatic heterocycles. The number of nitrogens with two attached hydrogens (primary N) is 1. The Morgan fingerprint density at radius 1 is 1.26 bits per heavy atom. The number of sulfone groups is 1. The molecule has 1 aromatic rings. The molecule has 0 radical (unpaired) electrons. The Morgan fingerprint density at radius 3 is 2.79 bits per heavy atom. The van der Waals surface area contributed by atoms with Crippen LogP contribution in [0, 0.1) is 0 Å². The maximum absolute atomic E-state index is 12.3. The van der Waals surface area contributed by atoms with Gasteiger partial charge in [0.1, 0.15) is 0 Å². The van der Waals surface area contributed by atoms with Crippen molar-refractivity contribution in [2.75, 3.05) is 24.6 Å². The van der Waals surface area contributed by atoms with E-state index in [9.17, 15) is 13.2 Å². The van der Waals surface area contributed by atoms with E-state index in [1.165, 1.54) is 0 Å². The van der Waals surface area contributed by atoms with Crippen LogP contribution in [0.15, 0.2) is 24.3 Å². The zero-order valence-corrected chi connectivity index (χ0v) is 11.5. The molecule has 0 spiro atoms. The van der Waals surface area contributed by atoms with E-state index in [-0.39, 0.29) is 24.0 Å². The molecule has 1 aliphatic heterocycles. The Balaban J connectivity index is 2.14. The number of rotatable bonds is 2. The standard InChI is InChI=1S/C13H18N2O3S/c14-10-11-3-1-4-12(9-11)13(16)15-5-2-7-19(17,18)8-6-15/h1,3-4,9H,2,5-8,10,14H2. The van der Waals surface area contributed by atoms with Gasteiger partial charge in [-0.2, -0.15) is 0 Å². The van der Waals surface area contributed by atoms with Crippen molar-refractivity contribution in [3.8, 4) is 0 Å². The zero-order valence-electron chi connectivity index (χ0n) is 10.7. The highest BCUT2D eigenvalue weighted by Crippen LogP contribution is 2.12. The van der Waals surface area contributed by atoms with E-state index in [1.54, 1.807) is 23.1 Å². The second-order valence-electron chi connectivity index (χ2n) is 4.70. The fraction of sp³-hybridized carbons (Fsp3) is 0.462. The van der Waals surface area contributed by atoms with Gasteiger partial charge in [0.15, 0.2) is 9.84 Å². The van der Waals surface area contributed by atoms with Crippen LogP contribution in [0.1, 0.15) is 22.3 Å². The Bertz CT molecular complexity index is 569. The monoisotopic (exact) mass is 282 g/mol. The van der Waals surface area contributed by atoms with E-state index in [1.807, 2.05) is 6.07 Å². The van der Waals surface area contributed by atoms with Crippen LogP contribution in [0.4, 0.5) is 0 Å². The van der Waals surface area contributed by atoms with E-state index in [4.69, 9.17) is 5.73 Å². The molecule has 1 amide bonds. The zero-order chi connectivity index (χ0) is 13.9. The van der Waals surface area contributed by atoms with Gasteiger partial charge in [0, 0.05) is 25.2 Å². The highest BCUT2D eigenvalue weighted by molar-refractivity contribution is 7.91. The Labute approximate surface area is 113 Å². The first-order valence-corrected chi connectivity index (χ1v) is 8.13. The molecule has 1 aromatic carbocycles. The minimum Gasteiger partial charge on any atom is -0.338 e. The molecular formula is C13H18N2O3S. The second-order valence-corrected chi connectivity index (χ2v) is 7.01. The van der Waals surface area contributed by atoms with Crippen molar-refractivity contribution in [3.05, 3.63) is 35.4 Å². The summed E-state index contributed by atoms with van der Waals surface area (Å²) in [6.07, 6.45) is 0.505. The molecule has 1 fully saturated rings. The first kappa shape index (κ1) is 14.0. The molecule has 104 valence electrons. The number of nitrogens with zero attached hydrogens (tertiary/aromatic N) is 1. The lowest BCUT2D eigenvalue weighted by Gasteiger charge is -2.20. The molecule has 19 heavy (non-hydrogen) atoms. The predicted molar refractivity (Wildman–Crippen MR) is 73.5 cm³/mol. The van der Waals surface area contributed by atoms with Crippen LogP contribution < -0.4 is 5.73 Å². The molecule has 5 nitrogen and oxygen atoms in total. The highest BCUT2D eigenvalue weighted by atomic mass is 32.2. The van der Waals surface area contributed by atoms with Gasteiger partial charge in [-0.25, -0.2) is 8.42 Å². The van der Waals surface area contributed by atoms with Crippen molar-refractivity contribution >= 4 is 15.7 Å². The molecular weight excluding hydrogens is 264 g/mol. The third-order valence-electron chi connectivity index (χ3n) is 3.25. The predicted octanol–water partition coefficient (Wildman–Crippen LogP) is 0.406. The molecule has 6 heteroatoms. The highest BCUT2D eigenvalue weighted by Gasteiger charge is 2.23. The van der Waals surface area contributed by atoms with Gasteiger partial charge < -0.3 is 10.6 Å². The van der Waals surface area contributed by atoms with Gasteiger partial charge in [-0.1, -0.05) is 12.1 Å². The number of carbonyl (C=O) groups is 1. The lowest BCUT2D eigenvalue weighted by Crippen LogP contribution is -2.33. The van der Waals surface area contributed by atoms with Crippen LogP contribution in [0.2, 0.25) is 0 Å². The fourth-order valence-corrected chi connectivity index (χ4v) is 3.43. The van der Waals surface area contributed by atoms with Crippen molar-refractivity contribution < 1.29 is 13.2 Å². The Hall–Kier alpha value is -1.40. The third-order valence-corrected chi connectivity index (χ3v) is 4.97. The topological polar surface area (TPSA) is 80.5 Å². The van der Waals surface area contributed by atoms with E-state index in [0.717, 1.165) is 5.56 Å². The van der Waals surface area contributed by atoms with Crippen LogP contribution >= 0.6 is 0 Å². The van der Waals surface area contributed by atoms with Crippen molar-refractivity contribution in [1.82, 2.24) is 4.90 Å². The normalized spacial score (nSPS) is 18.9. The molecule has 0 unspecified atom stereocenters. The quantitative estimate of drug-likeness (QED) is 0.851. The van der Waals surface area contributed by atoms with Gasteiger partial charge >= 0.3 is 0 Å². The number of hydrogen-bond donors (Lipinski definition) is 1. The minimum atomic E-state index is -2.99. The third kappa shape index (κ3) is 3.54.